The van der Waals surface area contributed by atoms with Crippen LogP contribution in [0.1, 0.15) is 18.2 Å². The number of hydrogen-bond donors (Lipinski definition) is 1. The summed E-state index contributed by atoms with van der Waals surface area (Å²) < 4.78 is 9.88. The Morgan fingerprint density at radius 3 is 2.64 bits per heavy atom. The monoisotopic (exact) mass is 405 g/mol. The number of carbonyl (C=O) groups excluding carboxylic acids is 3. The molecule has 0 saturated heterocycles. The molecule has 1 aromatic heterocycles. The second-order valence-corrected chi connectivity index (χ2v) is 7.49. The van der Waals surface area contributed by atoms with E-state index in [1.54, 1.807) is 27.0 Å². The number of benzene rings is 1. The Kier molecular flexibility index (Phi) is 8.06. The molecular weight excluding hydrogens is 382 g/mol. The second-order valence-electron chi connectivity index (χ2n) is 6.16. The average molecular weight is 405 g/mol. The molecule has 1 N–H and O–H groups in total. The van der Waals surface area contributed by atoms with Gasteiger partial charge in [0.15, 0.2) is 12.4 Å². The predicted molar refractivity (Wildman–Crippen MR) is 106 cm³/mol. The fourth-order valence-corrected chi connectivity index (χ4v) is 2.84. The summed E-state index contributed by atoms with van der Waals surface area (Å²) in [6, 6.07) is 11.1. The van der Waals surface area contributed by atoms with Gasteiger partial charge in [0, 0.05) is 19.7 Å². The first-order valence-electron chi connectivity index (χ1n) is 8.64. The number of esters is 1. The summed E-state index contributed by atoms with van der Waals surface area (Å²) >= 11 is 1.11. The van der Waals surface area contributed by atoms with Gasteiger partial charge in [0.1, 0.15) is 5.76 Å². The van der Waals surface area contributed by atoms with Crippen LogP contribution in [0.2, 0.25) is 0 Å². The Bertz CT molecular complexity index is 809. The largest absolute Gasteiger partial charge is 0.455 e. The van der Waals surface area contributed by atoms with Crippen molar-refractivity contribution in [3.63, 3.8) is 0 Å². The van der Waals surface area contributed by atoms with Crippen molar-refractivity contribution in [3.8, 4) is 0 Å². The quantitative estimate of drug-likeness (QED) is 0.638. The van der Waals surface area contributed by atoms with Crippen molar-refractivity contribution in [2.75, 3.05) is 24.7 Å². The summed E-state index contributed by atoms with van der Waals surface area (Å²) in [6.45, 7) is 3.49. The lowest BCUT2D eigenvalue weighted by Crippen LogP contribution is -2.31. The van der Waals surface area contributed by atoms with Crippen LogP contribution in [0.3, 0.4) is 0 Å². The van der Waals surface area contributed by atoms with Gasteiger partial charge in [-0.2, -0.15) is 0 Å². The maximum atomic E-state index is 12.1. The van der Waals surface area contributed by atoms with Gasteiger partial charge in [0.2, 0.25) is 5.91 Å². The molecule has 0 spiro atoms. The van der Waals surface area contributed by atoms with E-state index in [-0.39, 0.29) is 24.2 Å². The third-order valence-corrected chi connectivity index (χ3v) is 4.86. The van der Waals surface area contributed by atoms with E-state index in [0.29, 0.717) is 18.1 Å². The van der Waals surface area contributed by atoms with Gasteiger partial charge in [0.25, 0.3) is 5.91 Å². The molecule has 28 heavy (non-hydrogen) atoms. The first-order chi connectivity index (χ1) is 13.3. The molecule has 9 heteroatoms. The van der Waals surface area contributed by atoms with Gasteiger partial charge in [-0.25, -0.2) is 0 Å². The van der Waals surface area contributed by atoms with E-state index < -0.39 is 11.2 Å². The molecule has 0 saturated carbocycles. The van der Waals surface area contributed by atoms with E-state index in [4.69, 9.17) is 9.26 Å². The minimum absolute atomic E-state index is 0.0396. The highest BCUT2D eigenvalue weighted by Gasteiger charge is 2.18. The smallest absolute Gasteiger partial charge is 0.316 e. The number of nitrogens with zero attached hydrogens (tertiary/aromatic N) is 2. The van der Waals surface area contributed by atoms with Crippen LogP contribution < -0.4 is 5.32 Å². The molecule has 0 fully saturated rings. The van der Waals surface area contributed by atoms with E-state index in [2.05, 4.69) is 10.5 Å². The van der Waals surface area contributed by atoms with E-state index in [1.165, 1.54) is 4.90 Å². The molecule has 8 nitrogen and oxygen atoms in total. The molecule has 150 valence electrons. The highest BCUT2D eigenvalue weighted by atomic mass is 32.2. The van der Waals surface area contributed by atoms with Crippen molar-refractivity contribution in [1.29, 1.82) is 0 Å². The number of nitrogens with one attached hydrogen (secondary N) is 1. The highest BCUT2D eigenvalue weighted by molar-refractivity contribution is 8.01. The van der Waals surface area contributed by atoms with Crippen LogP contribution in [0.5, 0.6) is 0 Å². The van der Waals surface area contributed by atoms with Gasteiger partial charge in [-0.1, -0.05) is 35.5 Å². The highest BCUT2D eigenvalue weighted by Crippen LogP contribution is 2.14. The van der Waals surface area contributed by atoms with E-state index in [0.717, 1.165) is 17.3 Å². The summed E-state index contributed by atoms with van der Waals surface area (Å²) in [5.41, 5.74) is 0.988. The summed E-state index contributed by atoms with van der Waals surface area (Å²) in [6.07, 6.45) is 0. The average Bonchev–Trinajstić information content (AvgIpc) is 3.09. The van der Waals surface area contributed by atoms with Crippen LogP contribution in [0, 0.1) is 6.92 Å². The van der Waals surface area contributed by atoms with Crippen molar-refractivity contribution in [1.82, 2.24) is 10.1 Å². The fourth-order valence-electron chi connectivity index (χ4n) is 2.16. The first kappa shape index (κ1) is 21.5. The number of aromatic nitrogens is 1. The number of anilines is 1. The van der Waals surface area contributed by atoms with Crippen LogP contribution in [-0.2, 0) is 25.7 Å². The minimum Gasteiger partial charge on any atom is -0.455 e. The van der Waals surface area contributed by atoms with Crippen molar-refractivity contribution in [2.45, 2.75) is 25.6 Å². The number of likely N-dealkylation sites (N-methyl/N-ethyl adjacent to an activating group) is 1. The Balaban J connectivity index is 1.67. The van der Waals surface area contributed by atoms with Crippen molar-refractivity contribution in [3.05, 3.63) is 47.7 Å². The molecule has 0 aliphatic rings. The van der Waals surface area contributed by atoms with Gasteiger partial charge in [0.05, 0.1) is 11.0 Å². The first-order valence-corrected chi connectivity index (χ1v) is 9.69. The SMILES string of the molecule is Cc1cc(NC(=O)[C@H](C)SCC(=O)OCC(=O)N(C)Cc2ccccc2)no1. The predicted octanol–water partition coefficient (Wildman–Crippen LogP) is 2.25. The number of aryl methyl sites for hydroxylation is 1. The number of thioether (sulfide) groups is 1. The molecule has 2 aromatic rings. The van der Waals surface area contributed by atoms with Gasteiger partial charge >= 0.3 is 5.97 Å². The van der Waals surface area contributed by atoms with Crippen LogP contribution in [0.25, 0.3) is 0 Å². The van der Waals surface area contributed by atoms with Gasteiger partial charge in [-0.05, 0) is 19.4 Å². The molecule has 0 bridgehead atoms. The Labute approximate surface area is 167 Å². The lowest BCUT2D eigenvalue weighted by Gasteiger charge is -2.17. The lowest BCUT2D eigenvalue weighted by molar-refractivity contribution is -0.149. The van der Waals surface area contributed by atoms with Crippen molar-refractivity contribution >= 4 is 35.4 Å². The maximum Gasteiger partial charge on any atom is 0.316 e. The van der Waals surface area contributed by atoms with Gasteiger partial charge in [-0.3, -0.25) is 14.4 Å². The molecule has 2 rings (SSSR count). The maximum absolute atomic E-state index is 12.1. The number of hydrogen-bond acceptors (Lipinski definition) is 7. The normalized spacial score (nSPS) is 11.5. The zero-order valence-electron chi connectivity index (χ0n) is 16.0. The topological polar surface area (TPSA) is 102 Å². The molecule has 1 atom stereocenters. The van der Waals surface area contributed by atoms with E-state index >= 15 is 0 Å². The Morgan fingerprint density at radius 1 is 1.29 bits per heavy atom. The lowest BCUT2D eigenvalue weighted by atomic mass is 10.2. The Morgan fingerprint density at radius 2 is 2.00 bits per heavy atom. The fraction of sp³-hybridized carbons (Fsp3) is 0.368. The molecule has 1 aromatic carbocycles. The zero-order valence-corrected chi connectivity index (χ0v) is 16.8. The van der Waals surface area contributed by atoms with E-state index in [1.807, 2.05) is 30.3 Å². The summed E-state index contributed by atoms with van der Waals surface area (Å²) in [5, 5.41) is 5.78. The van der Waals surface area contributed by atoms with Gasteiger partial charge < -0.3 is 19.5 Å². The number of amides is 2. The third kappa shape index (κ3) is 7.07. The molecule has 0 radical (unpaired) electrons. The summed E-state index contributed by atoms with van der Waals surface area (Å²) in [5.74, 6) is -0.282. The minimum atomic E-state index is -0.552. The molecule has 1 heterocycles. The summed E-state index contributed by atoms with van der Waals surface area (Å²) in [4.78, 5) is 37.4. The zero-order chi connectivity index (χ0) is 20.5. The molecular formula is C19H23N3O5S. The number of ether oxygens (including phenoxy) is 1. The molecule has 0 unspecified atom stereocenters. The third-order valence-electron chi connectivity index (χ3n) is 3.74. The van der Waals surface area contributed by atoms with Gasteiger partial charge in [-0.15, -0.1) is 11.8 Å². The number of carbonyl (C=O) groups is 3. The molecule has 0 aliphatic carbocycles. The molecule has 0 aliphatic heterocycles. The summed E-state index contributed by atoms with van der Waals surface area (Å²) in [7, 11) is 1.65. The van der Waals surface area contributed by atoms with Crippen molar-refractivity contribution < 1.29 is 23.6 Å². The van der Waals surface area contributed by atoms with Crippen LogP contribution in [-0.4, -0.2) is 52.5 Å². The Hall–Kier alpha value is -2.81. The van der Waals surface area contributed by atoms with Crippen molar-refractivity contribution in [2.24, 2.45) is 0 Å². The standard InChI is InChI=1S/C19H23N3O5S/c1-13-9-16(21-27-13)20-19(25)14(2)28-12-18(24)26-11-17(23)22(3)10-15-7-5-4-6-8-15/h4-9,14H,10-12H2,1-3H3,(H,20,21,25)/t14-/m0/s1. The van der Waals surface area contributed by atoms with E-state index in [9.17, 15) is 14.4 Å². The second kappa shape index (κ2) is 10.5. The van der Waals surface area contributed by atoms with Crippen LogP contribution in [0.15, 0.2) is 40.9 Å². The van der Waals surface area contributed by atoms with Crippen LogP contribution >= 0.6 is 11.8 Å². The van der Waals surface area contributed by atoms with Crippen LogP contribution in [0.4, 0.5) is 5.82 Å². The molecule has 2 amide bonds. The number of rotatable bonds is 9.